The lowest BCUT2D eigenvalue weighted by Crippen LogP contribution is -2.37. The maximum Gasteiger partial charge on any atom is 0.244 e. The van der Waals surface area contributed by atoms with Crippen LogP contribution in [0.5, 0.6) is 0 Å². The molecule has 1 N–H and O–H groups in total. The highest BCUT2D eigenvalue weighted by Crippen LogP contribution is 2.42. The lowest BCUT2D eigenvalue weighted by Gasteiger charge is -2.28. The number of rotatable bonds is 4. The molecule has 0 unspecified atom stereocenters. The van der Waals surface area contributed by atoms with E-state index >= 15 is 0 Å². The van der Waals surface area contributed by atoms with Crippen LogP contribution in [0.3, 0.4) is 0 Å². The summed E-state index contributed by atoms with van der Waals surface area (Å²) in [6.07, 6.45) is 0.956. The van der Waals surface area contributed by atoms with Gasteiger partial charge in [0.25, 0.3) is 0 Å². The Morgan fingerprint density at radius 1 is 1.23 bits per heavy atom. The summed E-state index contributed by atoms with van der Waals surface area (Å²) in [6, 6.07) is 10.7. The van der Waals surface area contributed by atoms with Gasteiger partial charge in [0.2, 0.25) is 5.91 Å². The number of hydrogen-bond donors (Lipinski definition) is 1. The van der Waals surface area contributed by atoms with Crippen LogP contribution in [0.4, 0.5) is 0 Å². The fraction of sp³-hybridized carbons (Fsp3) is 0.524. The zero-order valence-electron chi connectivity index (χ0n) is 15.9. The van der Waals surface area contributed by atoms with Gasteiger partial charge in [0.1, 0.15) is 6.54 Å². The van der Waals surface area contributed by atoms with E-state index in [1.165, 1.54) is 11.1 Å². The zero-order chi connectivity index (χ0) is 18.3. The van der Waals surface area contributed by atoms with E-state index in [0.717, 1.165) is 37.4 Å². The third kappa shape index (κ3) is 2.84. The second-order valence-electron chi connectivity index (χ2n) is 7.64. The van der Waals surface area contributed by atoms with Crippen LogP contribution in [-0.4, -0.2) is 40.2 Å². The number of fused-ring (bicyclic) bond motifs is 1. The molecule has 5 heteroatoms. The summed E-state index contributed by atoms with van der Waals surface area (Å²) in [7, 11) is 0. The second kappa shape index (κ2) is 6.88. The summed E-state index contributed by atoms with van der Waals surface area (Å²) in [4.78, 5) is 15.3. The molecule has 2 saturated heterocycles. The lowest BCUT2D eigenvalue weighted by atomic mass is 9.89. The van der Waals surface area contributed by atoms with E-state index in [1.54, 1.807) is 0 Å². The average molecular weight is 352 g/mol. The van der Waals surface area contributed by atoms with E-state index in [-0.39, 0.29) is 11.9 Å². The predicted molar refractivity (Wildman–Crippen MR) is 102 cm³/mol. The van der Waals surface area contributed by atoms with Crippen molar-refractivity contribution in [3.63, 3.8) is 0 Å². The van der Waals surface area contributed by atoms with Gasteiger partial charge >= 0.3 is 0 Å². The third-order valence-electron chi connectivity index (χ3n) is 6.20. The van der Waals surface area contributed by atoms with E-state index in [1.807, 2.05) is 17.7 Å². The van der Waals surface area contributed by atoms with E-state index in [4.69, 9.17) is 0 Å². The maximum atomic E-state index is 13.2. The predicted octanol–water partition coefficient (Wildman–Crippen LogP) is 2.48. The Hall–Kier alpha value is -2.14. The fourth-order valence-corrected chi connectivity index (χ4v) is 4.87. The van der Waals surface area contributed by atoms with Gasteiger partial charge in [-0.15, -0.1) is 0 Å². The molecule has 0 bridgehead atoms. The van der Waals surface area contributed by atoms with Crippen molar-refractivity contribution in [2.24, 2.45) is 11.8 Å². The number of carbonyl (C=O) groups excluding carboxylic acids is 1. The minimum atomic E-state index is 0.173. The molecule has 26 heavy (non-hydrogen) atoms. The molecule has 5 nitrogen and oxygen atoms in total. The number of benzene rings is 1. The summed E-state index contributed by atoms with van der Waals surface area (Å²) < 4.78 is 1.89. The van der Waals surface area contributed by atoms with Gasteiger partial charge in [-0.25, -0.2) is 0 Å². The Labute approximate surface area is 155 Å². The number of aromatic nitrogens is 2. The van der Waals surface area contributed by atoms with Crippen LogP contribution in [0.25, 0.3) is 0 Å². The number of nitrogens with one attached hydrogen (secondary N) is 1. The number of nitrogens with zero attached hydrogens (tertiary/aromatic N) is 3. The van der Waals surface area contributed by atoms with Crippen LogP contribution < -0.4 is 5.32 Å². The maximum absolute atomic E-state index is 13.2. The molecule has 4 rings (SSSR count). The molecular formula is C21H28N4O. The topological polar surface area (TPSA) is 50.2 Å². The van der Waals surface area contributed by atoms with Crippen molar-refractivity contribution >= 4 is 5.91 Å². The van der Waals surface area contributed by atoms with Crippen LogP contribution in [0.15, 0.2) is 30.3 Å². The molecule has 0 spiro atoms. The first-order chi connectivity index (χ1) is 12.6. The quantitative estimate of drug-likeness (QED) is 0.920. The first-order valence-electron chi connectivity index (χ1n) is 9.68. The fourth-order valence-electron chi connectivity index (χ4n) is 4.87. The molecule has 2 aromatic rings. The summed E-state index contributed by atoms with van der Waals surface area (Å²) in [5.41, 5.74) is 4.68. The molecule has 1 amide bonds. The van der Waals surface area contributed by atoms with Gasteiger partial charge in [-0.05, 0) is 37.3 Å². The van der Waals surface area contributed by atoms with Gasteiger partial charge in [0.05, 0.1) is 11.7 Å². The molecule has 2 fully saturated rings. The molecule has 0 aliphatic carbocycles. The Morgan fingerprint density at radius 2 is 2.00 bits per heavy atom. The molecule has 1 aromatic carbocycles. The molecule has 3 heterocycles. The van der Waals surface area contributed by atoms with Crippen LogP contribution in [0.2, 0.25) is 0 Å². The summed E-state index contributed by atoms with van der Waals surface area (Å²) in [5.74, 6) is 1.24. The van der Waals surface area contributed by atoms with Gasteiger partial charge in [-0.1, -0.05) is 37.3 Å². The molecular weight excluding hydrogens is 324 g/mol. The number of aryl methyl sites for hydroxylation is 1. The lowest BCUT2D eigenvalue weighted by molar-refractivity contribution is -0.133. The highest BCUT2D eigenvalue weighted by molar-refractivity contribution is 5.77. The molecule has 0 saturated carbocycles. The van der Waals surface area contributed by atoms with Gasteiger partial charge < -0.3 is 10.2 Å². The molecule has 2 aliphatic heterocycles. The number of carbonyl (C=O) groups is 1. The average Bonchev–Trinajstić information content (AvgIpc) is 3.29. The molecule has 2 aliphatic rings. The summed E-state index contributed by atoms with van der Waals surface area (Å²) >= 11 is 0. The molecule has 0 radical (unpaired) electrons. The van der Waals surface area contributed by atoms with Gasteiger partial charge in [0, 0.05) is 31.2 Å². The monoisotopic (exact) mass is 352 g/mol. The smallest absolute Gasteiger partial charge is 0.244 e. The van der Waals surface area contributed by atoms with Crippen molar-refractivity contribution < 1.29 is 4.79 Å². The van der Waals surface area contributed by atoms with Crippen molar-refractivity contribution in [1.29, 1.82) is 0 Å². The first kappa shape index (κ1) is 17.3. The van der Waals surface area contributed by atoms with Crippen LogP contribution in [0, 0.1) is 25.7 Å². The highest BCUT2D eigenvalue weighted by Gasteiger charge is 2.46. The van der Waals surface area contributed by atoms with E-state index in [9.17, 15) is 4.79 Å². The SMILES string of the molecule is CCc1c(C)nn(CC(=O)N2C[C@@H]3CNC[C@@H]3[C@H]2c2ccccc2)c1C. The normalized spacial score (nSPS) is 24.9. The second-order valence-corrected chi connectivity index (χ2v) is 7.64. The first-order valence-corrected chi connectivity index (χ1v) is 9.68. The van der Waals surface area contributed by atoms with Crippen molar-refractivity contribution in [3.05, 3.63) is 52.8 Å². The van der Waals surface area contributed by atoms with Crippen LogP contribution in [0.1, 0.15) is 35.5 Å². The van der Waals surface area contributed by atoms with E-state index in [2.05, 4.69) is 53.4 Å². The Morgan fingerprint density at radius 3 is 2.69 bits per heavy atom. The van der Waals surface area contributed by atoms with E-state index in [0.29, 0.717) is 18.4 Å². The zero-order valence-corrected chi connectivity index (χ0v) is 15.9. The Bertz CT molecular complexity index is 798. The van der Waals surface area contributed by atoms with Crippen molar-refractivity contribution in [2.75, 3.05) is 19.6 Å². The third-order valence-corrected chi connectivity index (χ3v) is 6.20. The summed E-state index contributed by atoms with van der Waals surface area (Å²) in [6.45, 7) is 9.43. The van der Waals surface area contributed by atoms with Gasteiger partial charge in [-0.2, -0.15) is 5.10 Å². The van der Waals surface area contributed by atoms with Crippen molar-refractivity contribution in [3.8, 4) is 0 Å². The standard InChI is InChI=1S/C21H28N4O/c1-4-18-14(2)23-25(15(18)3)13-20(26)24-12-17-10-22-11-19(17)21(24)16-8-6-5-7-9-16/h5-9,17,19,21-22H,4,10-13H2,1-3H3/t17-,19-,21+/m0/s1. The van der Waals surface area contributed by atoms with Crippen LogP contribution >= 0.6 is 0 Å². The molecule has 3 atom stereocenters. The van der Waals surface area contributed by atoms with Crippen molar-refractivity contribution in [2.45, 2.75) is 39.8 Å². The largest absolute Gasteiger partial charge is 0.333 e. The number of hydrogen-bond acceptors (Lipinski definition) is 3. The highest BCUT2D eigenvalue weighted by atomic mass is 16.2. The Kier molecular flexibility index (Phi) is 4.57. The van der Waals surface area contributed by atoms with Crippen molar-refractivity contribution in [1.82, 2.24) is 20.0 Å². The molecule has 1 aromatic heterocycles. The number of likely N-dealkylation sites (tertiary alicyclic amines) is 1. The van der Waals surface area contributed by atoms with Gasteiger partial charge in [-0.3, -0.25) is 9.48 Å². The van der Waals surface area contributed by atoms with E-state index < -0.39 is 0 Å². The molecule has 138 valence electrons. The van der Waals surface area contributed by atoms with Gasteiger partial charge in [0.15, 0.2) is 0 Å². The number of amides is 1. The van der Waals surface area contributed by atoms with Crippen LogP contribution in [-0.2, 0) is 17.8 Å². The Balaban J connectivity index is 1.60. The summed E-state index contributed by atoms with van der Waals surface area (Å²) in [5, 5.41) is 8.12. The minimum absolute atomic E-state index is 0.173. The minimum Gasteiger partial charge on any atom is -0.333 e.